The van der Waals surface area contributed by atoms with E-state index in [1.807, 2.05) is 0 Å². The smallest absolute Gasteiger partial charge is 0.146 e. The largest absolute Gasteiger partial charge is 0.396 e. The van der Waals surface area contributed by atoms with Crippen molar-refractivity contribution in [1.82, 2.24) is 0 Å². The number of nitrogen functional groups attached to an aromatic ring is 1. The van der Waals surface area contributed by atoms with Crippen molar-refractivity contribution < 1.29 is 8.78 Å². The lowest BCUT2D eigenvalue weighted by Gasteiger charge is -2.10. The van der Waals surface area contributed by atoms with Gasteiger partial charge in [0.2, 0.25) is 0 Å². The summed E-state index contributed by atoms with van der Waals surface area (Å²) >= 11 is 0. The van der Waals surface area contributed by atoms with Crippen LogP contribution in [0.2, 0.25) is 0 Å². The Morgan fingerprint density at radius 2 is 1.65 bits per heavy atom. The molecule has 0 radical (unpaired) electrons. The van der Waals surface area contributed by atoms with E-state index < -0.39 is 5.82 Å². The van der Waals surface area contributed by atoms with Crippen molar-refractivity contribution in [2.45, 2.75) is 13.8 Å². The van der Waals surface area contributed by atoms with Crippen molar-refractivity contribution in [3.05, 3.63) is 53.1 Å². The van der Waals surface area contributed by atoms with Crippen molar-refractivity contribution in [3.8, 4) is 11.1 Å². The fourth-order valence-electron chi connectivity index (χ4n) is 1.84. The van der Waals surface area contributed by atoms with Crippen LogP contribution in [0, 0.1) is 25.5 Å². The van der Waals surface area contributed by atoms with Gasteiger partial charge < -0.3 is 5.73 Å². The minimum absolute atomic E-state index is 0.0338. The quantitative estimate of drug-likeness (QED) is 0.744. The molecular weight excluding hydrogens is 220 g/mol. The Labute approximate surface area is 98.9 Å². The van der Waals surface area contributed by atoms with E-state index in [2.05, 4.69) is 0 Å². The van der Waals surface area contributed by atoms with E-state index in [1.165, 1.54) is 12.1 Å². The molecule has 2 rings (SSSR count). The Balaban J connectivity index is 2.69. The molecule has 17 heavy (non-hydrogen) atoms. The van der Waals surface area contributed by atoms with Gasteiger partial charge in [-0.1, -0.05) is 18.2 Å². The maximum Gasteiger partial charge on any atom is 0.146 e. The molecule has 0 fully saturated rings. The first kappa shape index (κ1) is 11.6. The molecular formula is C14H13F2N. The fraction of sp³-hybridized carbons (Fsp3) is 0.143. The molecule has 0 aromatic heterocycles. The van der Waals surface area contributed by atoms with Gasteiger partial charge in [-0.05, 0) is 42.7 Å². The summed E-state index contributed by atoms with van der Waals surface area (Å²) in [6.07, 6.45) is 0. The zero-order valence-electron chi connectivity index (χ0n) is 9.72. The number of aryl methyl sites for hydroxylation is 2. The summed E-state index contributed by atoms with van der Waals surface area (Å²) in [6, 6.07) is 7.94. The van der Waals surface area contributed by atoms with Gasteiger partial charge >= 0.3 is 0 Å². The summed E-state index contributed by atoms with van der Waals surface area (Å²) in [5.41, 5.74) is 7.86. The van der Waals surface area contributed by atoms with Crippen LogP contribution in [0.3, 0.4) is 0 Å². The second-order valence-electron chi connectivity index (χ2n) is 4.13. The van der Waals surface area contributed by atoms with E-state index in [9.17, 15) is 8.78 Å². The van der Waals surface area contributed by atoms with E-state index in [1.54, 1.807) is 32.0 Å². The molecule has 0 amide bonds. The monoisotopic (exact) mass is 233 g/mol. The third-order valence-electron chi connectivity index (χ3n) is 2.83. The first-order valence-electron chi connectivity index (χ1n) is 5.32. The SMILES string of the molecule is Cc1cc(F)c(N)cc1-c1cccc(C)c1F. The second-order valence-corrected chi connectivity index (χ2v) is 4.13. The zero-order valence-corrected chi connectivity index (χ0v) is 9.72. The molecule has 0 saturated heterocycles. The highest BCUT2D eigenvalue weighted by molar-refractivity contribution is 5.72. The highest BCUT2D eigenvalue weighted by atomic mass is 19.1. The van der Waals surface area contributed by atoms with Crippen LogP contribution in [-0.4, -0.2) is 0 Å². The van der Waals surface area contributed by atoms with Crippen LogP contribution in [0.4, 0.5) is 14.5 Å². The molecule has 0 unspecified atom stereocenters. The lowest BCUT2D eigenvalue weighted by atomic mass is 9.97. The summed E-state index contributed by atoms with van der Waals surface area (Å²) in [5, 5.41) is 0. The number of halogens is 2. The normalized spacial score (nSPS) is 10.6. The first-order valence-corrected chi connectivity index (χ1v) is 5.32. The van der Waals surface area contributed by atoms with Crippen molar-refractivity contribution in [1.29, 1.82) is 0 Å². The molecule has 88 valence electrons. The first-order chi connectivity index (χ1) is 8.00. The Hall–Kier alpha value is -1.90. The Kier molecular flexibility index (Phi) is 2.84. The third-order valence-corrected chi connectivity index (χ3v) is 2.83. The molecule has 0 atom stereocenters. The highest BCUT2D eigenvalue weighted by Gasteiger charge is 2.11. The van der Waals surface area contributed by atoms with Gasteiger partial charge in [0.1, 0.15) is 11.6 Å². The van der Waals surface area contributed by atoms with E-state index in [0.29, 0.717) is 22.3 Å². The summed E-state index contributed by atoms with van der Waals surface area (Å²) in [5.74, 6) is -0.763. The van der Waals surface area contributed by atoms with E-state index in [-0.39, 0.29) is 11.5 Å². The van der Waals surface area contributed by atoms with Gasteiger partial charge in [-0.3, -0.25) is 0 Å². The van der Waals surface area contributed by atoms with Gasteiger partial charge in [-0.15, -0.1) is 0 Å². The van der Waals surface area contributed by atoms with Gasteiger partial charge in [-0.25, -0.2) is 8.78 Å². The molecule has 3 heteroatoms. The molecule has 2 N–H and O–H groups in total. The number of nitrogens with two attached hydrogens (primary N) is 1. The van der Waals surface area contributed by atoms with Gasteiger partial charge in [0.25, 0.3) is 0 Å². The van der Waals surface area contributed by atoms with Crippen LogP contribution in [0.25, 0.3) is 11.1 Å². The molecule has 0 spiro atoms. The van der Waals surface area contributed by atoms with Crippen molar-refractivity contribution in [2.75, 3.05) is 5.73 Å². The van der Waals surface area contributed by atoms with Crippen LogP contribution in [0.5, 0.6) is 0 Å². The topological polar surface area (TPSA) is 26.0 Å². The summed E-state index contributed by atoms with van der Waals surface area (Å²) < 4.78 is 27.2. The highest BCUT2D eigenvalue weighted by Crippen LogP contribution is 2.30. The Morgan fingerprint density at radius 3 is 2.35 bits per heavy atom. The van der Waals surface area contributed by atoms with Crippen LogP contribution >= 0.6 is 0 Å². The van der Waals surface area contributed by atoms with E-state index >= 15 is 0 Å². The number of anilines is 1. The lowest BCUT2D eigenvalue weighted by molar-refractivity contribution is 0.620. The maximum atomic E-state index is 14.0. The Morgan fingerprint density at radius 1 is 0.941 bits per heavy atom. The Bertz CT molecular complexity index is 577. The van der Waals surface area contributed by atoms with Gasteiger partial charge in [-0.2, -0.15) is 0 Å². The fourth-order valence-corrected chi connectivity index (χ4v) is 1.84. The second kappa shape index (κ2) is 4.17. The molecule has 0 aliphatic carbocycles. The summed E-state index contributed by atoms with van der Waals surface area (Å²) in [7, 11) is 0. The molecule has 2 aromatic rings. The number of hydrogen-bond donors (Lipinski definition) is 1. The number of benzene rings is 2. The van der Waals surface area contributed by atoms with Crippen LogP contribution in [0.1, 0.15) is 11.1 Å². The molecule has 0 saturated carbocycles. The van der Waals surface area contributed by atoms with E-state index in [0.717, 1.165) is 0 Å². The minimum Gasteiger partial charge on any atom is -0.396 e. The lowest BCUT2D eigenvalue weighted by Crippen LogP contribution is -1.96. The number of hydrogen-bond acceptors (Lipinski definition) is 1. The average molecular weight is 233 g/mol. The van der Waals surface area contributed by atoms with Gasteiger partial charge in [0.05, 0.1) is 5.69 Å². The van der Waals surface area contributed by atoms with Crippen LogP contribution < -0.4 is 5.73 Å². The predicted molar refractivity (Wildman–Crippen MR) is 65.7 cm³/mol. The predicted octanol–water partition coefficient (Wildman–Crippen LogP) is 3.83. The van der Waals surface area contributed by atoms with Crippen molar-refractivity contribution in [2.24, 2.45) is 0 Å². The summed E-state index contributed by atoms with van der Waals surface area (Å²) in [6.45, 7) is 3.43. The molecule has 1 nitrogen and oxygen atoms in total. The average Bonchev–Trinajstić information content (AvgIpc) is 2.28. The molecule has 0 aliphatic heterocycles. The van der Waals surface area contributed by atoms with Gasteiger partial charge in [0, 0.05) is 5.56 Å². The number of rotatable bonds is 1. The zero-order chi connectivity index (χ0) is 12.6. The van der Waals surface area contributed by atoms with Gasteiger partial charge in [0.15, 0.2) is 0 Å². The van der Waals surface area contributed by atoms with Crippen molar-refractivity contribution in [3.63, 3.8) is 0 Å². The third kappa shape index (κ3) is 2.00. The summed E-state index contributed by atoms with van der Waals surface area (Å²) in [4.78, 5) is 0. The molecule has 0 heterocycles. The molecule has 2 aromatic carbocycles. The molecule has 0 aliphatic rings. The van der Waals surface area contributed by atoms with E-state index in [4.69, 9.17) is 5.73 Å². The maximum absolute atomic E-state index is 14.0. The van der Waals surface area contributed by atoms with Crippen LogP contribution in [-0.2, 0) is 0 Å². The standard InChI is InChI=1S/C14H13F2N/c1-8-4-3-5-10(14(8)16)11-7-13(17)12(15)6-9(11)2/h3-7H,17H2,1-2H3. The molecule has 0 bridgehead atoms. The minimum atomic E-state index is -0.473. The van der Waals surface area contributed by atoms with Crippen molar-refractivity contribution >= 4 is 5.69 Å². The van der Waals surface area contributed by atoms with Crippen LogP contribution in [0.15, 0.2) is 30.3 Å².